The molecule has 0 heterocycles. The molecule has 0 saturated carbocycles. The largest absolute Gasteiger partial charge is 0.743 e. The average Bonchev–Trinajstić information content (AvgIpc) is 2.35. The van der Waals surface area contributed by atoms with Crippen LogP contribution in [0.3, 0.4) is 0 Å². The van der Waals surface area contributed by atoms with E-state index >= 15 is 0 Å². The standard InChI is InChI=1S/C11H22F2O6SSi/c1-18-21(2,3)9-7-5-4-6-8-19-10(14)11(12,13)20(15,16)17/h4-9H2,1-3H3,(H,15,16,17)/p-1. The summed E-state index contributed by atoms with van der Waals surface area (Å²) in [6.07, 6.45) is 2.73. The van der Waals surface area contributed by atoms with Crippen molar-refractivity contribution in [3.05, 3.63) is 0 Å². The summed E-state index contributed by atoms with van der Waals surface area (Å²) in [4.78, 5) is 10.8. The Morgan fingerprint density at radius 3 is 2.19 bits per heavy atom. The van der Waals surface area contributed by atoms with Gasteiger partial charge in [-0.2, -0.15) is 8.78 Å². The van der Waals surface area contributed by atoms with E-state index in [1.807, 2.05) is 0 Å². The van der Waals surface area contributed by atoms with Gasteiger partial charge in [-0.15, -0.1) is 0 Å². The summed E-state index contributed by atoms with van der Waals surface area (Å²) >= 11 is 0. The smallest absolute Gasteiger partial charge is 0.428 e. The van der Waals surface area contributed by atoms with Gasteiger partial charge < -0.3 is 13.7 Å². The highest BCUT2D eigenvalue weighted by Crippen LogP contribution is 2.22. The van der Waals surface area contributed by atoms with Crippen molar-refractivity contribution in [3.8, 4) is 0 Å². The Bertz CT molecular complexity index is 438. The number of hydrogen-bond acceptors (Lipinski definition) is 6. The molecule has 10 heteroatoms. The van der Waals surface area contributed by atoms with E-state index in [0.29, 0.717) is 12.8 Å². The lowest BCUT2D eigenvalue weighted by Gasteiger charge is -2.19. The van der Waals surface area contributed by atoms with E-state index < -0.39 is 29.7 Å². The summed E-state index contributed by atoms with van der Waals surface area (Å²) in [5, 5.41) is -5.03. The maximum atomic E-state index is 12.7. The predicted octanol–water partition coefficient (Wildman–Crippen LogP) is 2.08. The average molecular weight is 347 g/mol. The Balaban J connectivity index is 3.86. The van der Waals surface area contributed by atoms with Crippen LogP contribution in [-0.2, 0) is 24.1 Å². The molecule has 21 heavy (non-hydrogen) atoms. The van der Waals surface area contributed by atoms with Gasteiger partial charge in [0.25, 0.3) is 0 Å². The van der Waals surface area contributed by atoms with Crippen molar-refractivity contribution >= 4 is 24.4 Å². The van der Waals surface area contributed by atoms with E-state index in [0.717, 1.165) is 18.9 Å². The maximum Gasteiger partial charge on any atom is 0.428 e. The van der Waals surface area contributed by atoms with Gasteiger partial charge in [-0.3, -0.25) is 0 Å². The van der Waals surface area contributed by atoms with Gasteiger partial charge in [0.1, 0.15) is 0 Å². The van der Waals surface area contributed by atoms with Crippen molar-refractivity contribution in [1.29, 1.82) is 0 Å². The van der Waals surface area contributed by atoms with Crippen LogP contribution in [0.25, 0.3) is 0 Å². The lowest BCUT2D eigenvalue weighted by atomic mass is 10.2. The molecule has 0 unspecified atom stereocenters. The van der Waals surface area contributed by atoms with Gasteiger partial charge in [-0.05, 0) is 25.6 Å². The lowest BCUT2D eigenvalue weighted by molar-refractivity contribution is -0.161. The third-order valence-electron chi connectivity index (χ3n) is 3.01. The summed E-state index contributed by atoms with van der Waals surface area (Å²) in [6.45, 7) is 3.83. The van der Waals surface area contributed by atoms with E-state index in [-0.39, 0.29) is 6.61 Å². The Kier molecular flexibility index (Phi) is 7.93. The Hall–Kier alpha value is -0.583. The quantitative estimate of drug-likeness (QED) is 0.260. The Morgan fingerprint density at radius 2 is 1.71 bits per heavy atom. The minimum Gasteiger partial charge on any atom is -0.743 e. The van der Waals surface area contributed by atoms with Crippen molar-refractivity contribution < 1.29 is 35.7 Å². The second kappa shape index (κ2) is 8.16. The number of ether oxygens (including phenoxy) is 1. The molecule has 0 aliphatic rings. The molecule has 0 atom stereocenters. The van der Waals surface area contributed by atoms with Crippen LogP contribution >= 0.6 is 0 Å². The maximum absolute atomic E-state index is 12.7. The van der Waals surface area contributed by atoms with Gasteiger partial charge in [0.2, 0.25) is 0 Å². The summed E-state index contributed by atoms with van der Waals surface area (Å²) in [7, 11) is -5.96. The molecular formula is C11H21F2O6SSi-. The van der Waals surface area contributed by atoms with E-state index in [1.54, 1.807) is 7.11 Å². The first-order valence-corrected chi connectivity index (χ1v) is 11.0. The third kappa shape index (κ3) is 7.29. The zero-order chi connectivity index (χ0) is 16.7. The molecule has 0 radical (unpaired) electrons. The molecule has 126 valence electrons. The number of carbonyl (C=O) groups is 1. The highest BCUT2D eigenvalue weighted by atomic mass is 32.2. The second-order valence-electron chi connectivity index (χ2n) is 5.23. The van der Waals surface area contributed by atoms with Crippen molar-refractivity contribution in [1.82, 2.24) is 0 Å². The molecule has 0 aromatic carbocycles. The lowest BCUT2D eigenvalue weighted by Crippen LogP contribution is -2.39. The fourth-order valence-corrected chi connectivity index (χ4v) is 3.03. The summed E-state index contributed by atoms with van der Waals surface area (Å²) < 4.78 is 65.5. The van der Waals surface area contributed by atoms with Gasteiger partial charge in [-0.25, -0.2) is 13.2 Å². The normalized spacial score (nSPS) is 13.2. The minimum absolute atomic E-state index is 0.329. The van der Waals surface area contributed by atoms with Gasteiger partial charge in [0.05, 0.1) is 6.61 Å². The molecule has 0 rings (SSSR count). The molecule has 0 aliphatic carbocycles. The number of rotatable bonds is 10. The molecule has 0 amide bonds. The van der Waals surface area contributed by atoms with Crippen LogP contribution in [-0.4, -0.2) is 46.2 Å². The summed E-state index contributed by atoms with van der Waals surface area (Å²) in [5.74, 6) is -2.31. The van der Waals surface area contributed by atoms with Crippen LogP contribution < -0.4 is 0 Å². The molecule has 0 saturated heterocycles. The molecule has 0 fully saturated rings. The van der Waals surface area contributed by atoms with E-state index in [9.17, 15) is 26.5 Å². The molecule has 0 aliphatic heterocycles. The van der Waals surface area contributed by atoms with Crippen LogP contribution in [0, 0.1) is 0 Å². The first-order valence-electron chi connectivity index (χ1n) is 6.49. The first kappa shape index (κ1) is 20.4. The zero-order valence-electron chi connectivity index (χ0n) is 12.4. The van der Waals surface area contributed by atoms with E-state index in [1.165, 1.54) is 0 Å². The molecule has 0 aromatic rings. The number of carbonyl (C=O) groups excluding carboxylic acids is 1. The summed E-state index contributed by atoms with van der Waals surface area (Å²) in [5.41, 5.74) is 0. The van der Waals surface area contributed by atoms with Gasteiger partial charge in [0, 0.05) is 7.11 Å². The number of unbranched alkanes of at least 4 members (excludes halogenated alkanes) is 3. The molecular weight excluding hydrogens is 326 g/mol. The molecule has 6 nitrogen and oxygen atoms in total. The van der Waals surface area contributed by atoms with Gasteiger partial charge in [0.15, 0.2) is 18.4 Å². The van der Waals surface area contributed by atoms with Crippen LogP contribution in [0.1, 0.15) is 25.7 Å². The SMILES string of the molecule is CO[Si](C)(C)CCCCCCOC(=O)C(F)(F)S(=O)(=O)[O-]. The van der Waals surface area contributed by atoms with Gasteiger partial charge >= 0.3 is 11.2 Å². The monoisotopic (exact) mass is 347 g/mol. The van der Waals surface area contributed by atoms with E-state index in [4.69, 9.17) is 4.43 Å². The van der Waals surface area contributed by atoms with E-state index in [2.05, 4.69) is 17.8 Å². The number of halogens is 2. The van der Waals surface area contributed by atoms with Crippen LogP contribution in [0.4, 0.5) is 8.78 Å². The molecule has 0 spiro atoms. The predicted molar refractivity (Wildman–Crippen MR) is 73.4 cm³/mol. The third-order valence-corrected chi connectivity index (χ3v) is 6.47. The number of hydrogen-bond donors (Lipinski definition) is 0. The fourth-order valence-electron chi connectivity index (χ4n) is 1.46. The summed E-state index contributed by atoms with van der Waals surface area (Å²) in [6, 6.07) is 0.968. The van der Waals surface area contributed by atoms with Crippen molar-refractivity contribution in [2.75, 3.05) is 13.7 Å². The Morgan fingerprint density at radius 1 is 1.19 bits per heavy atom. The molecule has 0 bridgehead atoms. The van der Waals surface area contributed by atoms with Gasteiger partial charge in [-0.1, -0.05) is 19.3 Å². The number of alkyl halides is 2. The minimum atomic E-state index is -6.04. The van der Waals surface area contributed by atoms with Crippen LogP contribution in [0.2, 0.25) is 19.1 Å². The van der Waals surface area contributed by atoms with Crippen LogP contribution in [0.15, 0.2) is 0 Å². The highest BCUT2D eigenvalue weighted by Gasteiger charge is 2.48. The van der Waals surface area contributed by atoms with Crippen LogP contribution in [0.5, 0.6) is 0 Å². The molecule has 0 N–H and O–H groups in total. The Labute approximate surface area is 124 Å². The zero-order valence-corrected chi connectivity index (χ0v) is 14.2. The highest BCUT2D eigenvalue weighted by molar-refractivity contribution is 7.87. The number of esters is 1. The van der Waals surface area contributed by atoms with Crippen molar-refractivity contribution in [2.24, 2.45) is 0 Å². The van der Waals surface area contributed by atoms with Crippen molar-refractivity contribution in [3.63, 3.8) is 0 Å². The molecule has 0 aromatic heterocycles. The first-order chi connectivity index (χ1) is 9.44. The topological polar surface area (TPSA) is 92.7 Å². The second-order valence-corrected chi connectivity index (χ2v) is 11.1. The fraction of sp³-hybridized carbons (Fsp3) is 0.909. The van der Waals surface area contributed by atoms with Crippen molar-refractivity contribution in [2.45, 2.75) is 50.1 Å².